The number of sulfonamides is 1. The number of nitro benzene ring substituents is 1. The summed E-state index contributed by atoms with van der Waals surface area (Å²) in [4.78, 5) is 15.9. The van der Waals surface area contributed by atoms with E-state index in [0.717, 1.165) is 40.5 Å². The van der Waals surface area contributed by atoms with Crippen LogP contribution in [0.2, 0.25) is 0 Å². The lowest BCUT2D eigenvalue weighted by atomic mass is 9.98. The molecular formula is C22H23N4O4S2. The van der Waals surface area contributed by atoms with E-state index in [1.54, 1.807) is 11.3 Å². The summed E-state index contributed by atoms with van der Waals surface area (Å²) in [5.41, 5.74) is 2.09. The second-order valence-electron chi connectivity index (χ2n) is 7.72. The summed E-state index contributed by atoms with van der Waals surface area (Å²) < 4.78 is 27.2. The van der Waals surface area contributed by atoms with E-state index >= 15 is 0 Å². The number of nitro groups is 1. The molecule has 2 heterocycles. The van der Waals surface area contributed by atoms with Crippen molar-refractivity contribution in [3.05, 3.63) is 70.4 Å². The molecule has 1 N–H and O–H groups in total. The summed E-state index contributed by atoms with van der Waals surface area (Å²) in [5, 5.41) is 15.0. The van der Waals surface area contributed by atoms with Crippen LogP contribution in [0.25, 0.3) is 10.4 Å². The van der Waals surface area contributed by atoms with Crippen LogP contribution in [-0.2, 0) is 10.0 Å². The maximum Gasteiger partial charge on any atom is 0.269 e. The molecule has 1 saturated heterocycles. The van der Waals surface area contributed by atoms with Crippen LogP contribution >= 0.6 is 11.3 Å². The molecule has 1 radical (unpaired) electrons. The summed E-state index contributed by atoms with van der Waals surface area (Å²) in [6.45, 7) is 3.61. The van der Waals surface area contributed by atoms with Crippen LogP contribution in [-0.4, -0.2) is 42.3 Å². The molecule has 4 rings (SSSR count). The molecule has 1 aromatic heterocycles. The van der Waals surface area contributed by atoms with E-state index in [4.69, 9.17) is 0 Å². The SMILES string of the molecule is Cc1[c]cccc1-c1cnc(NCC2CCN(S(=O)(=O)c3ccc([N+](=O)[O-])cc3)CC2)s1. The summed E-state index contributed by atoms with van der Waals surface area (Å²) in [6, 6.07) is 14.2. The highest BCUT2D eigenvalue weighted by atomic mass is 32.2. The molecule has 1 aliphatic rings. The minimum absolute atomic E-state index is 0.0865. The van der Waals surface area contributed by atoms with Crippen molar-refractivity contribution in [1.82, 2.24) is 9.29 Å². The van der Waals surface area contributed by atoms with E-state index in [9.17, 15) is 18.5 Å². The van der Waals surface area contributed by atoms with Gasteiger partial charge in [-0.25, -0.2) is 13.4 Å². The molecule has 0 amide bonds. The molecule has 8 nitrogen and oxygen atoms in total. The molecule has 1 fully saturated rings. The van der Waals surface area contributed by atoms with Gasteiger partial charge in [0.15, 0.2) is 5.13 Å². The number of nitrogens with zero attached hydrogens (tertiary/aromatic N) is 3. The van der Waals surface area contributed by atoms with Gasteiger partial charge in [0, 0.05) is 38.0 Å². The third-order valence-electron chi connectivity index (χ3n) is 5.63. The number of hydrogen-bond donors (Lipinski definition) is 1. The summed E-state index contributed by atoms with van der Waals surface area (Å²) >= 11 is 1.60. The van der Waals surface area contributed by atoms with Gasteiger partial charge in [-0.3, -0.25) is 10.1 Å². The molecule has 3 aromatic rings. The second-order valence-corrected chi connectivity index (χ2v) is 10.7. The molecule has 0 bridgehead atoms. The largest absolute Gasteiger partial charge is 0.361 e. The van der Waals surface area contributed by atoms with Crippen LogP contribution in [0.15, 0.2) is 53.6 Å². The number of aryl methyl sites for hydroxylation is 1. The molecule has 0 saturated carbocycles. The molecule has 1 aliphatic heterocycles. The van der Waals surface area contributed by atoms with Gasteiger partial charge in [0.1, 0.15) is 0 Å². The minimum atomic E-state index is -3.65. The highest BCUT2D eigenvalue weighted by Gasteiger charge is 2.29. The lowest BCUT2D eigenvalue weighted by Gasteiger charge is -2.31. The Labute approximate surface area is 191 Å². The standard InChI is InChI=1S/C22H23N4O4S2/c1-16-4-2-3-5-20(16)21-15-24-22(31-21)23-14-17-10-12-25(13-11-17)32(29,30)19-8-6-18(7-9-19)26(27)28/h2-3,5-9,15,17H,10-14H2,1H3,(H,23,24). The van der Waals surface area contributed by atoms with E-state index in [0.29, 0.717) is 19.0 Å². The number of rotatable bonds is 7. The molecular weight excluding hydrogens is 448 g/mol. The molecule has 32 heavy (non-hydrogen) atoms. The lowest BCUT2D eigenvalue weighted by Crippen LogP contribution is -2.39. The van der Waals surface area contributed by atoms with Crippen LogP contribution in [0.1, 0.15) is 18.4 Å². The second kappa shape index (κ2) is 9.35. The van der Waals surface area contributed by atoms with Crippen LogP contribution < -0.4 is 5.32 Å². The Morgan fingerprint density at radius 1 is 1.25 bits per heavy atom. The smallest absolute Gasteiger partial charge is 0.269 e. The Morgan fingerprint density at radius 2 is 1.97 bits per heavy atom. The first-order valence-electron chi connectivity index (χ1n) is 10.3. The number of thiazole rings is 1. The fraction of sp³-hybridized carbons (Fsp3) is 0.318. The molecule has 0 aliphatic carbocycles. The molecule has 167 valence electrons. The predicted molar refractivity (Wildman–Crippen MR) is 124 cm³/mol. The van der Waals surface area contributed by atoms with Crippen molar-refractivity contribution in [1.29, 1.82) is 0 Å². The first kappa shape index (κ1) is 22.4. The monoisotopic (exact) mass is 471 g/mol. The quantitative estimate of drug-likeness (QED) is 0.406. The Bertz CT molecular complexity index is 1200. The highest BCUT2D eigenvalue weighted by molar-refractivity contribution is 7.89. The van der Waals surface area contributed by atoms with E-state index < -0.39 is 14.9 Å². The number of nitrogens with one attached hydrogen (secondary N) is 1. The van der Waals surface area contributed by atoms with Crippen molar-refractivity contribution in [3.8, 4) is 10.4 Å². The van der Waals surface area contributed by atoms with E-state index in [-0.39, 0.29) is 10.6 Å². The van der Waals surface area contributed by atoms with Gasteiger partial charge in [0.25, 0.3) is 5.69 Å². The van der Waals surface area contributed by atoms with Crippen molar-refractivity contribution in [2.45, 2.75) is 24.7 Å². The number of hydrogen-bond acceptors (Lipinski definition) is 7. The molecule has 0 unspecified atom stereocenters. The fourth-order valence-corrected chi connectivity index (χ4v) is 6.12. The van der Waals surface area contributed by atoms with Crippen molar-refractivity contribution >= 4 is 32.2 Å². The van der Waals surface area contributed by atoms with Gasteiger partial charge < -0.3 is 5.32 Å². The summed E-state index contributed by atoms with van der Waals surface area (Å²) in [7, 11) is -3.65. The first-order valence-corrected chi connectivity index (χ1v) is 12.5. The van der Waals surface area contributed by atoms with Crippen LogP contribution in [0, 0.1) is 29.0 Å². The van der Waals surface area contributed by atoms with Crippen molar-refractivity contribution in [3.63, 3.8) is 0 Å². The normalized spacial score (nSPS) is 15.5. The van der Waals surface area contributed by atoms with Crippen molar-refractivity contribution in [2.24, 2.45) is 5.92 Å². The topological polar surface area (TPSA) is 105 Å². The predicted octanol–water partition coefficient (Wildman–Crippen LogP) is 4.34. The number of aromatic nitrogens is 1. The average Bonchev–Trinajstić information content (AvgIpc) is 3.27. The number of non-ortho nitro benzene ring substituents is 1. The zero-order chi connectivity index (χ0) is 22.7. The molecule has 0 spiro atoms. The Balaban J connectivity index is 1.31. The van der Waals surface area contributed by atoms with Gasteiger partial charge in [-0.2, -0.15) is 4.31 Å². The number of anilines is 1. The first-order chi connectivity index (χ1) is 15.3. The number of benzene rings is 2. The zero-order valence-corrected chi connectivity index (χ0v) is 19.2. The van der Waals surface area contributed by atoms with Gasteiger partial charge in [-0.15, -0.1) is 0 Å². The van der Waals surface area contributed by atoms with Crippen LogP contribution in [0.4, 0.5) is 10.8 Å². The Kier molecular flexibility index (Phi) is 6.54. The number of piperidine rings is 1. The molecule has 2 aromatic carbocycles. The minimum Gasteiger partial charge on any atom is -0.361 e. The lowest BCUT2D eigenvalue weighted by molar-refractivity contribution is -0.384. The van der Waals surface area contributed by atoms with Gasteiger partial charge in [0.05, 0.1) is 14.7 Å². The Morgan fingerprint density at radius 3 is 2.62 bits per heavy atom. The maximum atomic E-state index is 12.8. The van der Waals surface area contributed by atoms with Crippen molar-refractivity contribution < 1.29 is 13.3 Å². The van der Waals surface area contributed by atoms with E-state index in [2.05, 4.69) is 22.4 Å². The Hall–Kier alpha value is -2.82. The van der Waals surface area contributed by atoms with Gasteiger partial charge in [0.2, 0.25) is 10.0 Å². The van der Waals surface area contributed by atoms with Gasteiger partial charge >= 0.3 is 0 Å². The maximum absolute atomic E-state index is 12.8. The average molecular weight is 472 g/mol. The molecule has 10 heteroatoms. The van der Waals surface area contributed by atoms with E-state index in [1.165, 1.54) is 28.6 Å². The highest BCUT2D eigenvalue weighted by Crippen LogP contribution is 2.31. The van der Waals surface area contributed by atoms with E-state index in [1.807, 2.05) is 25.3 Å². The van der Waals surface area contributed by atoms with Gasteiger partial charge in [-0.1, -0.05) is 29.5 Å². The van der Waals surface area contributed by atoms with Crippen LogP contribution in [0.3, 0.4) is 0 Å². The fourth-order valence-electron chi connectivity index (χ4n) is 3.74. The molecule has 0 atom stereocenters. The summed E-state index contributed by atoms with van der Waals surface area (Å²) in [6.07, 6.45) is 3.34. The third-order valence-corrected chi connectivity index (χ3v) is 8.54. The zero-order valence-electron chi connectivity index (χ0n) is 17.5. The third kappa shape index (κ3) is 4.82. The summed E-state index contributed by atoms with van der Waals surface area (Å²) in [5.74, 6) is 0.345. The van der Waals surface area contributed by atoms with Gasteiger partial charge in [-0.05, 0) is 55.0 Å². The van der Waals surface area contributed by atoms with Crippen molar-refractivity contribution in [2.75, 3.05) is 25.0 Å². The van der Waals surface area contributed by atoms with Crippen LogP contribution in [0.5, 0.6) is 0 Å².